The van der Waals surface area contributed by atoms with E-state index in [1.807, 2.05) is 12.3 Å². The fourth-order valence-electron chi connectivity index (χ4n) is 1.41. The summed E-state index contributed by atoms with van der Waals surface area (Å²) >= 11 is 0. The number of rotatable bonds is 4. The van der Waals surface area contributed by atoms with Crippen LogP contribution in [-0.4, -0.2) is 16.3 Å². The van der Waals surface area contributed by atoms with Crippen LogP contribution in [0.25, 0.3) is 0 Å². The van der Waals surface area contributed by atoms with Crippen LogP contribution < -0.4 is 11.1 Å². The summed E-state index contributed by atoms with van der Waals surface area (Å²) in [5.41, 5.74) is 6.34. The van der Waals surface area contributed by atoms with Crippen molar-refractivity contribution in [3.8, 4) is 0 Å². The van der Waals surface area contributed by atoms with E-state index < -0.39 is 0 Å². The lowest BCUT2D eigenvalue weighted by Crippen LogP contribution is -2.11. The van der Waals surface area contributed by atoms with Crippen LogP contribution in [0.2, 0.25) is 0 Å². The minimum Gasteiger partial charge on any atom is -0.399 e. The van der Waals surface area contributed by atoms with Crippen molar-refractivity contribution in [2.45, 2.75) is 6.54 Å². The largest absolute Gasteiger partial charge is 0.399 e. The number of nitrogens with zero attached hydrogens (tertiary/aromatic N) is 2. The highest BCUT2D eigenvalue weighted by atomic mass is 19.1. The lowest BCUT2D eigenvalue weighted by Gasteiger charge is -2.08. The molecule has 0 unspecified atom stereocenters. The summed E-state index contributed by atoms with van der Waals surface area (Å²) < 4.78 is 15.1. The summed E-state index contributed by atoms with van der Waals surface area (Å²) in [6.07, 6.45) is 3.57. The van der Waals surface area contributed by atoms with Gasteiger partial charge in [-0.3, -0.25) is 4.68 Å². The SMILES string of the molecule is Nc1ccc(NCCn2cccn2)c(F)c1. The van der Waals surface area contributed by atoms with Gasteiger partial charge in [0.1, 0.15) is 5.82 Å². The minimum atomic E-state index is -0.333. The second-order valence-corrected chi connectivity index (χ2v) is 3.44. The number of nitrogens with one attached hydrogen (secondary N) is 1. The summed E-state index contributed by atoms with van der Waals surface area (Å²) in [5, 5.41) is 7.03. The second-order valence-electron chi connectivity index (χ2n) is 3.44. The van der Waals surface area contributed by atoms with E-state index >= 15 is 0 Å². The molecule has 0 fully saturated rings. The highest BCUT2D eigenvalue weighted by molar-refractivity contribution is 5.52. The molecule has 1 aromatic heterocycles. The van der Waals surface area contributed by atoms with E-state index in [1.165, 1.54) is 6.07 Å². The molecule has 0 atom stereocenters. The molecule has 16 heavy (non-hydrogen) atoms. The van der Waals surface area contributed by atoms with Crippen LogP contribution in [-0.2, 0) is 6.54 Å². The molecule has 0 saturated carbocycles. The molecule has 3 N–H and O–H groups in total. The van der Waals surface area contributed by atoms with E-state index in [-0.39, 0.29) is 5.82 Å². The van der Waals surface area contributed by atoms with E-state index in [0.29, 0.717) is 24.5 Å². The Bertz CT molecular complexity index is 453. The Labute approximate surface area is 92.9 Å². The monoisotopic (exact) mass is 220 g/mol. The van der Waals surface area contributed by atoms with Crippen molar-refractivity contribution in [2.75, 3.05) is 17.6 Å². The second kappa shape index (κ2) is 4.65. The van der Waals surface area contributed by atoms with Crippen LogP contribution in [0.15, 0.2) is 36.7 Å². The average Bonchev–Trinajstić information content (AvgIpc) is 2.74. The molecule has 1 heterocycles. The highest BCUT2D eigenvalue weighted by Gasteiger charge is 2.01. The van der Waals surface area contributed by atoms with Crippen molar-refractivity contribution in [2.24, 2.45) is 0 Å². The van der Waals surface area contributed by atoms with Crippen LogP contribution in [0.3, 0.4) is 0 Å². The zero-order valence-corrected chi connectivity index (χ0v) is 8.73. The molecule has 5 heteroatoms. The lowest BCUT2D eigenvalue weighted by atomic mass is 10.2. The molecule has 0 saturated heterocycles. The predicted octanol–water partition coefficient (Wildman–Crippen LogP) is 1.72. The Morgan fingerprint density at radius 3 is 3.00 bits per heavy atom. The zero-order chi connectivity index (χ0) is 11.4. The number of aromatic nitrogens is 2. The van der Waals surface area contributed by atoms with Gasteiger partial charge in [-0.15, -0.1) is 0 Å². The predicted molar refractivity (Wildman–Crippen MR) is 61.5 cm³/mol. The van der Waals surface area contributed by atoms with Gasteiger partial charge in [0.2, 0.25) is 0 Å². The Morgan fingerprint density at radius 1 is 1.44 bits per heavy atom. The Hall–Kier alpha value is -2.04. The molecule has 0 radical (unpaired) electrons. The minimum absolute atomic E-state index is 0.333. The third kappa shape index (κ3) is 2.50. The first kappa shape index (κ1) is 10.5. The number of hydrogen-bond donors (Lipinski definition) is 2. The average molecular weight is 220 g/mol. The molecule has 4 nitrogen and oxygen atoms in total. The Morgan fingerprint density at radius 2 is 2.31 bits per heavy atom. The van der Waals surface area contributed by atoms with Crippen LogP contribution in [0.4, 0.5) is 15.8 Å². The van der Waals surface area contributed by atoms with Crippen LogP contribution in [0.1, 0.15) is 0 Å². The quantitative estimate of drug-likeness (QED) is 0.771. The first-order valence-electron chi connectivity index (χ1n) is 5.02. The van der Waals surface area contributed by atoms with Crippen LogP contribution >= 0.6 is 0 Å². The number of halogens is 1. The van der Waals surface area contributed by atoms with Gasteiger partial charge in [-0.05, 0) is 24.3 Å². The third-order valence-corrected chi connectivity index (χ3v) is 2.21. The number of anilines is 2. The van der Waals surface area contributed by atoms with Crippen molar-refractivity contribution in [3.63, 3.8) is 0 Å². The maximum Gasteiger partial charge on any atom is 0.148 e. The van der Waals surface area contributed by atoms with E-state index in [0.717, 1.165) is 0 Å². The molecule has 0 aliphatic rings. The first-order valence-corrected chi connectivity index (χ1v) is 5.02. The summed E-state index contributed by atoms with van der Waals surface area (Å²) in [5.74, 6) is -0.333. The van der Waals surface area contributed by atoms with Gasteiger partial charge in [-0.1, -0.05) is 0 Å². The van der Waals surface area contributed by atoms with Crippen molar-refractivity contribution in [1.29, 1.82) is 0 Å². The molecular formula is C11H13FN4. The number of nitrogens with two attached hydrogens (primary N) is 1. The molecule has 84 valence electrons. The van der Waals surface area contributed by atoms with Gasteiger partial charge < -0.3 is 11.1 Å². The van der Waals surface area contributed by atoms with E-state index in [4.69, 9.17) is 5.73 Å². The molecule has 0 aliphatic heterocycles. The first-order chi connectivity index (χ1) is 7.75. The number of nitrogen functional groups attached to an aromatic ring is 1. The van der Waals surface area contributed by atoms with E-state index in [2.05, 4.69) is 10.4 Å². The third-order valence-electron chi connectivity index (χ3n) is 2.21. The number of benzene rings is 1. The normalized spacial score (nSPS) is 10.3. The maximum atomic E-state index is 13.4. The standard InChI is InChI=1S/C11H13FN4/c12-10-8-9(13)2-3-11(10)14-5-7-16-6-1-4-15-16/h1-4,6,8,14H,5,7,13H2. The van der Waals surface area contributed by atoms with Crippen LogP contribution in [0.5, 0.6) is 0 Å². The van der Waals surface area contributed by atoms with Crippen molar-refractivity contribution >= 4 is 11.4 Å². The highest BCUT2D eigenvalue weighted by Crippen LogP contribution is 2.16. The van der Waals surface area contributed by atoms with E-state index in [9.17, 15) is 4.39 Å². The van der Waals surface area contributed by atoms with Gasteiger partial charge in [0.15, 0.2) is 0 Å². The molecular weight excluding hydrogens is 207 g/mol. The summed E-state index contributed by atoms with van der Waals surface area (Å²) in [6.45, 7) is 1.30. The Balaban J connectivity index is 1.90. The molecule has 1 aromatic carbocycles. The van der Waals surface area contributed by atoms with Crippen molar-refractivity contribution in [3.05, 3.63) is 42.5 Å². The maximum absolute atomic E-state index is 13.4. The molecule has 2 aromatic rings. The van der Waals surface area contributed by atoms with Crippen molar-refractivity contribution < 1.29 is 4.39 Å². The molecule has 2 rings (SSSR count). The van der Waals surface area contributed by atoms with Crippen LogP contribution in [0, 0.1) is 5.82 Å². The van der Waals surface area contributed by atoms with Gasteiger partial charge in [0, 0.05) is 24.6 Å². The van der Waals surface area contributed by atoms with Crippen molar-refractivity contribution in [1.82, 2.24) is 9.78 Å². The molecule has 0 aliphatic carbocycles. The number of hydrogen-bond acceptors (Lipinski definition) is 3. The van der Waals surface area contributed by atoms with Gasteiger partial charge in [-0.2, -0.15) is 5.10 Å². The summed E-state index contributed by atoms with van der Waals surface area (Å²) in [7, 11) is 0. The summed E-state index contributed by atoms with van der Waals surface area (Å²) in [4.78, 5) is 0. The molecule has 0 amide bonds. The van der Waals surface area contributed by atoms with Gasteiger partial charge in [0.25, 0.3) is 0 Å². The topological polar surface area (TPSA) is 55.9 Å². The Kier molecular flexibility index (Phi) is 3.05. The fourth-order valence-corrected chi connectivity index (χ4v) is 1.41. The zero-order valence-electron chi connectivity index (χ0n) is 8.73. The smallest absolute Gasteiger partial charge is 0.148 e. The van der Waals surface area contributed by atoms with Gasteiger partial charge >= 0.3 is 0 Å². The molecule has 0 bridgehead atoms. The van der Waals surface area contributed by atoms with Gasteiger partial charge in [-0.25, -0.2) is 4.39 Å². The fraction of sp³-hybridized carbons (Fsp3) is 0.182. The van der Waals surface area contributed by atoms with E-state index in [1.54, 1.807) is 23.0 Å². The van der Waals surface area contributed by atoms with Gasteiger partial charge in [0.05, 0.1) is 12.2 Å². The summed E-state index contributed by atoms with van der Waals surface area (Å²) in [6, 6.07) is 6.45. The lowest BCUT2D eigenvalue weighted by molar-refractivity contribution is 0.618. The molecule has 0 spiro atoms.